The standard InChI is InChI=1S/C33H49NO/c1-20(2)23-12-11-22-17-25-32-14-13-31(8,24(18-32)30(6,7)29(3,4)5)28-33(32,26(22)27(23)35-28)15-16-34(25)19-21-9-10-21/h11-12,20-21,24-25,28H,9-10,13-19H2,1-8H3. The molecule has 4 bridgehead atoms. The summed E-state index contributed by atoms with van der Waals surface area (Å²) in [6.45, 7) is 22.7. The van der Waals surface area contributed by atoms with Crippen molar-refractivity contribution in [1.29, 1.82) is 0 Å². The molecule has 0 aromatic heterocycles. The van der Waals surface area contributed by atoms with Gasteiger partial charge in [-0.15, -0.1) is 0 Å². The summed E-state index contributed by atoms with van der Waals surface area (Å²) in [7, 11) is 0. The first kappa shape index (κ1) is 23.1. The van der Waals surface area contributed by atoms with Crippen molar-refractivity contribution in [3.63, 3.8) is 0 Å². The van der Waals surface area contributed by atoms with Gasteiger partial charge in [-0.25, -0.2) is 0 Å². The van der Waals surface area contributed by atoms with Crippen molar-refractivity contribution >= 4 is 0 Å². The highest BCUT2D eigenvalue weighted by Gasteiger charge is 2.80. The van der Waals surface area contributed by atoms with Crippen LogP contribution in [-0.4, -0.2) is 30.1 Å². The van der Waals surface area contributed by atoms with Gasteiger partial charge in [-0.1, -0.05) is 67.5 Å². The van der Waals surface area contributed by atoms with E-state index in [1.165, 1.54) is 69.3 Å². The quantitative estimate of drug-likeness (QED) is 0.442. The van der Waals surface area contributed by atoms with Crippen LogP contribution in [0.5, 0.6) is 5.75 Å². The van der Waals surface area contributed by atoms with E-state index in [-0.39, 0.29) is 21.7 Å². The third kappa shape index (κ3) is 2.57. The Hall–Kier alpha value is -1.02. The van der Waals surface area contributed by atoms with E-state index in [0.717, 1.165) is 5.92 Å². The van der Waals surface area contributed by atoms with Crippen LogP contribution < -0.4 is 4.74 Å². The van der Waals surface area contributed by atoms with Gasteiger partial charge in [-0.3, -0.25) is 4.90 Å². The molecule has 5 aliphatic carbocycles. The minimum absolute atomic E-state index is 0.239. The zero-order valence-electron chi connectivity index (χ0n) is 23.8. The van der Waals surface area contributed by atoms with E-state index in [1.807, 2.05) is 0 Å². The maximum Gasteiger partial charge on any atom is 0.127 e. The van der Waals surface area contributed by atoms with E-state index in [2.05, 4.69) is 72.4 Å². The number of nitrogens with zero attached hydrogens (tertiary/aromatic N) is 1. The van der Waals surface area contributed by atoms with E-state index >= 15 is 0 Å². The van der Waals surface area contributed by atoms with Gasteiger partial charge in [0.2, 0.25) is 0 Å². The Morgan fingerprint density at radius 2 is 1.80 bits per heavy atom. The summed E-state index contributed by atoms with van der Waals surface area (Å²) in [5, 5.41) is 0. The summed E-state index contributed by atoms with van der Waals surface area (Å²) in [6.07, 6.45) is 10.0. The number of hydrogen-bond acceptors (Lipinski definition) is 2. The summed E-state index contributed by atoms with van der Waals surface area (Å²) in [4.78, 5) is 3.01. The normalized spacial score (nSPS) is 41.8. The highest BCUT2D eigenvalue weighted by molar-refractivity contribution is 5.61. The SMILES string of the molecule is CC(C)c1ccc2c3c1OC1C4(C)CCC5(CC4C(C)(C)C(C)(C)C)C(C2)N(CC2CC2)CCC315. The van der Waals surface area contributed by atoms with Crippen LogP contribution in [0.4, 0.5) is 0 Å². The summed E-state index contributed by atoms with van der Waals surface area (Å²) in [5.41, 5.74) is 6.22. The number of likely N-dealkylation sites (tertiary alicyclic amines) is 1. The van der Waals surface area contributed by atoms with Gasteiger partial charge in [0.05, 0.1) is 0 Å². The second-order valence-electron chi connectivity index (χ2n) is 15.9. The largest absolute Gasteiger partial charge is 0.488 e. The minimum atomic E-state index is 0.239. The Labute approximate surface area is 214 Å². The van der Waals surface area contributed by atoms with Crippen LogP contribution in [0, 0.1) is 33.5 Å². The van der Waals surface area contributed by atoms with Crippen LogP contribution in [0.15, 0.2) is 12.1 Å². The molecule has 2 nitrogen and oxygen atoms in total. The molecule has 1 aromatic carbocycles. The molecule has 0 amide bonds. The smallest absolute Gasteiger partial charge is 0.127 e. The molecule has 5 fully saturated rings. The predicted octanol–water partition coefficient (Wildman–Crippen LogP) is 7.73. The lowest BCUT2D eigenvalue weighted by atomic mass is 9.30. The van der Waals surface area contributed by atoms with Crippen LogP contribution in [0.1, 0.15) is 117 Å². The van der Waals surface area contributed by atoms with Crippen LogP contribution in [0.25, 0.3) is 0 Å². The highest BCUT2D eigenvalue weighted by Crippen LogP contribution is 2.80. The Kier molecular flexibility index (Phi) is 4.42. The molecule has 2 heteroatoms. The third-order valence-electron chi connectivity index (χ3n) is 13.3. The monoisotopic (exact) mass is 475 g/mol. The van der Waals surface area contributed by atoms with E-state index in [9.17, 15) is 0 Å². The Bertz CT molecular complexity index is 1080. The fourth-order valence-electron chi connectivity index (χ4n) is 10.4. The van der Waals surface area contributed by atoms with Crippen molar-refractivity contribution in [1.82, 2.24) is 4.90 Å². The molecule has 35 heavy (non-hydrogen) atoms. The number of rotatable bonds is 4. The van der Waals surface area contributed by atoms with Gasteiger partial charge in [-0.05, 0) is 96.6 Å². The van der Waals surface area contributed by atoms with Crippen LogP contribution >= 0.6 is 0 Å². The lowest BCUT2D eigenvalue weighted by Crippen LogP contribution is -2.79. The van der Waals surface area contributed by atoms with Crippen LogP contribution in [0.2, 0.25) is 0 Å². The molecule has 6 unspecified atom stereocenters. The van der Waals surface area contributed by atoms with Gasteiger partial charge < -0.3 is 4.74 Å². The van der Waals surface area contributed by atoms with Crippen molar-refractivity contribution in [2.75, 3.05) is 13.1 Å². The summed E-state index contributed by atoms with van der Waals surface area (Å²) in [5.74, 6) is 3.52. The zero-order chi connectivity index (χ0) is 24.8. The number of piperidine rings is 1. The van der Waals surface area contributed by atoms with Crippen LogP contribution in [0.3, 0.4) is 0 Å². The Morgan fingerprint density at radius 3 is 2.46 bits per heavy atom. The fourth-order valence-corrected chi connectivity index (χ4v) is 10.4. The van der Waals surface area contributed by atoms with Crippen molar-refractivity contribution < 1.29 is 4.74 Å². The predicted molar refractivity (Wildman–Crippen MR) is 144 cm³/mol. The maximum absolute atomic E-state index is 7.45. The average Bonchev–Trinajstić information content (AvgIpc) is 3.51. The molecule has 2 spiro atoms. The molecule has 2 heterocycles. The molecule has 6 atom stereocenters. The molecule has 2 aliphatic heterocycles. The first-order valence-electron chi connectivity index (χ1n) is 14.9. The van der Waals surface area contributed by atoms with E-state index < -0.39 is 0 Å². The molecular weight excluding hydrogens is 426 g/mol. The zero-order valence-corrected chi connectivity index (χ0v) is 23.8. The average molecular weight is 476 g/mol. The molecular formula is C33H49NO. The van der Waals surface area contributed by atoms with Gasteiger partial charge in [0.15, 0.2) is 0 Å². The second kappa shape index (κ2) is 6.69. The van der Waals surface area contributed by atoms with Crippen molar-refractivity contribution in [3.8, 4) is 5.75 Å². The van der Waals surface area contributed by atoms with Crippen molar-refractivity contribution in [2.45, 2.75) is 124 Å². The summed E-state index contributed by atoms with van der Waals surface area (Å²) < 4.78 is 7.45. The number of hydrogen-bond donors (Lipinski definition) is 0. The number of fused-ring (bicyclic) bond motifs is 2. The van der Waals surface area contributed by atoms with E-state index in [4.69, 9.17) is 4.74 Å². The topological polar surface area (TPSA) is 12.5 Å². The molecule has 192 valence electrons. The summed E-state index contributed by atoms with van der Waals surface area (Å²) in [6, 6.07) is 5.67. The van der Waals surface area contributed by atoms with Crippen molar-refractivity contribution in [2.24, 2.45) is 33.5 Å². The fraction of sp³-hybridized carbons (Fsp3) is 0.818. The molecule has 7 aliphatic rings. The Balaban J connectivity index is 1.47. The highest BCUT2D eigenvalue weighted by atomic mass is 16.5. The second-order valence-corrected chi connectivity index (χ2v) is 15.9. The molecule has 1 saturated heterocycles. The van der Waals surface area contributed by atoms with Crippen molar-refractivity contribution in [3.05, 3.63) is 28.8 Å². The molecule has 1 aromatic rings. The van der Waals surface area contributed by atoms with Crippen LogP contribution in [-0.2, 0) is 11.8 Å². The van der Waals surface area contributed by atoms with Gasteiger partial charge in [0.25, 0.3) is 0 Å². The summed E-state index contributed by atoms with van der Waals surface area (Å²) >= 11 is 0. The van der Waals surface area contributed by atoms with Gasteiger partial charge in [0, 0.05) is 29.0 Å². The number of ether oxygens (including phenoxy) is 1. The van der Waals surface area contributed by atoms with Gasteiger partial charge in [0.1, 0.15) is 11.9 Å². The molecule has 4 saturated carbocycles. The Morgan fingerprint density at radius 1 is 1.06 bits per heavy atom. The maximum atomic E-state index is 7.45. The van der Waals surface area contributed by atoms with Gasteiger partial charge in [-0.2, -0.15) is 0 Å². The molecule has 0 N–H and O–H groups in total. The van der Waals surface area contributed by atoms with Gasteiger partial charge >= 0.3 is 0 Å². The minimum Gasteiger partial charge on any atom is -0.488 e. The first-order chi connectivity index (χ1) is 16.4. The molecule has 0 radical (unpaired) electrons. The number of benzene rings is 1. The lowest BCUT2D eigenvalue weighted by Gasteiger charge is -2.76. The first-order valence-corrected chi connectivity index (χ1v) is 14.9. The lowest BCUT2D eigenvalue weighted by molar-refractivity contribution is -0.260. The van der Waals surface area contributed by atoms with E-state index in [0.29, 0.717) is 29.4 Å². The molecule has 8 rings (SSSR count). The third-order valence-corrected chi connectivity index (χ3v) is 13.3. The van der Waals surface area contributed by atoms with E-state index in [1.54, 1.807) is 11.1 Å².